The van der Waals surface area contributed by atoms with Gasteiger partial charge in [-0.25, -0.2) is 4.98 Å². The number of hydrogen-bond donors (Lipinski definition) is 1. The van der Waals surface area contributed by atoms with Crippen LogP contribution in [0.5, 0.6) is 0 Å². The first kappa shape index (κ1) is 19.5. The average Bonchev–Trinajstić information content (AvgIpc) is 3.26. The maximum atomic E-state index is 11.5. The molecule has 4 rings (SSSR count). The van der Waals surface area contributed by atoms with Crippen LogP contribution in [0.25, 0.3) is 22.2 Å². The molecule has 7 nitrogen and oxygen atoms in total. The molecule has 0 bridgehead atoms. The van der Waals surface area contributed by atoms with Gasteiger partial charge in [-0.2, -0.15) is 0 Å². The molecule has 1 atom stereocenters. The molecule has 0 aliphatic carbocycles. The molecule has 29 heavy (non-hydrogen) atoms. The van der Waals surface area contributed by atoms with Crippen molar-refractivity contribution in [2.45, 2.75) is 32.3 Å². The molecule has 1 aliphatic rings. The second-order valence-electron chi connectivity index (χ2n) is 7.96. The summed E-state index contributed by atoms with van der Waals surface area (Å²) in [7, 11) is 3.68. The highest BCUT2D eigenvalue weighted by molar-refractivity contribution is 5.98. The van der Waals surface area contributed by atoms with Crippen molar-refractivity contribution in [3.8, 4) is 11.3 Å². The van der Waals surface area contributed by atoms with Gasteiger partial charge < -0.3 is 19.4 Å². The van der Waals surface area contributed by atoms with E-state index >= 15 is 0 Å². The first-order chi connectivity index (χ1) is 13.9. The van der Waals surface area contributed by atoms with Gasteiger partial charge in [0, 0.05) is 55.9 Å². The Morgan fingerprint density at radius 2 is 2.21 bits per heavy atom. The number of anilines is 1. The van der Waals surface area contributed by atoms with Gasteiger partial charge in [0.15, 0.2) is 0 Å². The summed E-state index contributed by atoms with van der Waals surface area (Å²) in [6.45, 7) is 5.61. The van der Waals surface area contributed by atoms with Crippen molar-refractivity contribution in [1.29, 1.82) is 0 Å². The van der Waals surface area contributed by atoms with E-state index in [0.29, 0.717) is 19.0 Å². The maximum absolute atomic E-state index is 11.5. The molecular weight excluding hydrogens is 368 g/mol. The van der Waals surface area contributed by atoms with Crippen LogP contribution in [-0.4, -0.2) is 40.8 Å². The van der Waals surface area contributed by atoms with Crippen molar-refractivity contribution in [3.05, 3.63) is 41.9 Å². The molecule has 0 saturated carbocycles. The zero-order chi connectivity index (χ0) is 20.6. The van der Waals surface area contributed by atoms with Gasteiger partial charge >= 0.3 is 0 Å². The van der Waals surface area contributed by atoms with Crippen molar-refractivity contribution in [1.82, 2.24) is 14.5 Å². The Morgan fingerprint density at radius 1 is 1.38 bits per heavy atom. The van der Waals surface area contributed by atoms with Crippen molar-refractivity contribution in [3.63, 3.8) is 0 Å². The zero-order valence-corrected chi connectivity index (χ0v) is 17.3. The van der Waals surface area contributed by atoms with Crippen molar-refractivity contribution >= 4 is 22.6 Å². The summed E-state index contributed by atoms with van der Waals surface area (Å²) in [5.41, 5.74) is 4.85. The molecule has 152 valence electrons. The third-order valence-electron chi connectivity index (χ3n) is 5.49. The Labute approximate surface area is 170 Å². The minimum atomic E-state index is -0.147. The molecule has 1 aliphatic heterocycles. The third-order valence-corrected chi connectivity index (χ3v) is 5.49. The van der Waals surface area contributed by atoms with E-state index in [1.54, 1.807) is 13.3 Å². The molecule has 4 heterocycles. The lowest BCUT2D eigenvalue weighted by Crippen LogP contribution is -2.23. The minimum Gasteiger partial charge on any atom is -0.380 e. The van der Waals surface area contributed by atoms with E-state index in [0.717, 1.165) is 46.4 Å². The first-order valence-corrected chi connectivity index (χ1v) is 9.71. The van der Waals surface area contributed by atoms with E-state index in [-0.39, 0.29) is 11.3 Å². The van der Waals surface area contributed by atoms with Crippen LogP contribution in [-0.2, 0) is 33.3 Å². The predicted molar refractivity (Wildman–Crippen MR) is 112 cm³/mol. The van der Waals surface area contributed by atoms with Gasteiger partial charge in [-0.3, -0.25) is 9.78 Å². The number of pyridine rings is 2. The molecular formula is C22H26N4O3. The van der Waals surface area contributed by atoms with Crippen LogP contribution in [0.1, 0.15) is 31.5 Å². The molecule has 7 heteroatoms. The van der Waals surface area contributed by atoms with Gasteiger partial charge in [0.1, 0.15) is 5.82 Å². The number of carbonyl (C=O) groups is 1. The SMILES string of the molecule is COCc1cc(-c2cn(C)c3cnc(NC(C)=O)cc23)nc(C2(C)CCOC2)c1. The van der Waals surface area contributed by atoms with Gasteiger partial charge in [0.25, 0.3) is 0 Å². The largest absolute Gasteiger partial charge is 0.380 e. The number of amides is 1. The van der Waals surface area contributed by atoms with E-state index in [9.17, 15) is 4.79 Å². The number of nitrogens with zero attached hydrogens (tertiary/aromatic N) is 3. The molecule has 0 radical (unpaired) electrons. The number of ether oxygens (including phenoxy) is 2. The van der Waals surface area contributed by atoms with E-state index in [2.05, 4.69) is 35.6 Å². The van der Waals surface area contributed by atoms with Gasteiger partial charge in [-0.05, 0) is 30.2 Å². The Bertz CT molecular complexity index is 1070. The molecule has 3 aromatic heterocycles. The van der Waals surface area contributed by atoms with Gasteiger partial charge in [0.05, 0.1) is 30.6 Å². The fraction of sp³-hybridized carbons (Fsp3) is 0.409. The minimum absolute atomic E-state index is 0.105. The first-order valence-electron chi connectivity index (χ1n) is 9.71. The molecule has 0 spiro atoms. The van der Waals surface area contributed by atoms with Crippen LogP contribution in [0.2, 0.25) is 0 Å². The lowest BCUT2D eigenvalue weighted by Gasteiger charge is -2.22. The number of nitrogens with one attached hydrogen (secondary N) is 1. The third kappa shape index (κ3) is 3.75. The summed E-state index contributed by atoms with van der Waals surface area (Å²) in [6.07, 6.45) is 4.78. The van der Waals surface area contributed by atoms with E-state index in [1.807, 2.05) is 17.7 Å². The van der Waals surface area contributed by atoms with E-state index < -0.39 is 0 Å². The summed E-state index contributed by atoms with van der Waals surface area (Å²) >= 11 is 0. The van der Waals surface area contributed by atoms with Crippen LogP contribution in [0, 0.1) is 0 Å². The summed E-state index contributed by atoms with van der Waals surface area (Å²) in [4.78, 5) is 20.8. The number of methoxy groups -OCH3 is 1. The predicted octanol–water partition coefficient (Wildman–Crippen LogP) is 3.42. The van der Waals surface area contributed by atoms with E-state index in [1.165, 1.54) is 6.92 Å². The average molecular weight is 394 g/mol. The Balaban J connectivity index is 1.88. The summed E-state index contributed by atoms with van der Waals surface area (Å²) in [5.74, 6) is 0.382. The second kappa shape index (κ2) is 7.57. The lowest BCUT2D eigenvalue weighted by molar-refractivity contribution is -0.114. The van der Waals surface area contributed by atoms with Crippen LogP contribution < -0.4 is 5.32 Å². The number of fused-ring (bicyclic) bond motifs is 1. The van der Waals surface area contributed by atoms with Crippen LogP contribution in [0.15, 0.2) is 30.6 Å². The molecule has 1 saturated heterocycles. The Hall–Kier alpha value is -2.77. The van der Waals surface area contributed by atoms with Crippen molar-refractivity contribution < 1.29 is 14.3 Å². The van der Waals surface area contributed by atoms with Gasteiger partial charge in [-0.1, -0.05) is 6.92 Å². The van der Waals surface area contributed by atoms with Crippen LogP contribution in [0.4, 0.5) is 5.82 Å². The zero-order valence-electron chi connectivity index (χ0n) is 17.3. The molecule has 1 amide bonds. The molecule has 1 unspecified atom stereocenters. The van der Waals surface area contributed by atoms with E-state index in [4.69, 9.17) is 14.5 Å². The van der Waals surface area contributed by atoms with Gasteiger partial charge in [0.2, 0.25) is 5.91 Å². The number of rotatable bonds is 5. The van der Waals surface area contributed by atoms with Crippen molar-refractivity contribution in [2.24, 2.45) is 7.05 Å². The smallest absolute Gasteiger partial charge is 0.222 e. The number of carbonyl (C=O) groups excluding carboxylic acids is 1. The van der Waals surface area contributed by atoms with Crippen LogP contribution >= 0.6 is 0 Å². The summed E-state index contributed by atoms with van der Waals surface area (Å²) < 4.78 is 13.1. The number of aryl methyl sites for hydroxylation is 1. The molecule has 1 N–H and O–H groups in total. The van der Waals surface area contributed by atoms with Crippen molar-refractivity contribution in [2.75, 3.05) is 25.6 Å². The molecule has 1 fully saturated rings. The van der Waals surface area contributed by atoms with Crippen LogP contribution in [0.3, 0.4) is 0 Å². The topological polar surface area (TPSA) is 78.3 Å². The molecule has 3 aromatic rings. The molecule has 0 aromatic carbocycles. The Morgan fingerprint density at radius 3 is 2.90 bits per heavy atom. The van der Waals surface area contributed by atoms with Gasteiger partial charge in [-0.15, -0.1) is 0 Å². The fourth-order valence-corrected chi connectivity index (χ4v) is 3.88. The highest BCUT2D eigenvalue weighted by atomic mass is 16.5. The second-order valence-corrected chi connectivity index (χ2v) is 7.96. The maximum Gasteiger partial charge on any atom is 0.222 e. The summed E-state index contributed by atoms with van der Waals surface area (Å²) in [6, 6.07) is 6.09. The summed E-state index contributed by atoms with van der Waals surface area (Å²) in [5, 5.41) is 3.76. The number of aromatic nitrogens is 3. The number of hydrogen-bond acceptors (Lipinski definition) is 5. The fourth-order valence-electron chi connectivity index (χ4n) is 3.88. The highest BCUT2D eigenvalue weighted by Crippen LogP contribution is 2.36. The lowest BCUT2D eigenvalue weighted by atomic mass is 9.85. The highest BCUT2D eigenvalue weighted by Gasteiger charge is 2.33. The monoisotopic (exact) mass is 394 g/mol. The Kier molecular flexibility index (Phi) is 5.10. The quantitative estimate of drug-likeness (QED) is 0.717. The standard InChI is InChI=1S/C22H26N4O3/c1-14(27)24-21-9-16-17(11-26(3)19(16)10-23-21)18-7-15(12-28-4)8-20(25-18)22(2)5-6-29-13-22/h7-11H,5-6,12-13H2,1-4H3,(H,23,24,27). The normalized spacial score (nSPS) is 19.0.